The van der Waals surface area contributed by atoms with Crippen LogP contribution in [-0.4, -0.2) is 88.8 Å². The second-order valence-corrected chi connectivity index (χ2v) is 9.69. The van der Waals surface area contributed by atoms with Gasteiger partial charge in [-0.05, 0) is 36.5 Å². The first kappa shape index (κ1) is 26.7. The van der Waals surface area contributed by atoms with Crippen LogP contribution >= 0.6 is 0 Å². The third-order valence-corrected chi connectivity index (χ3v) is 7.14. The normalized spacial score (nSPS) is 23.8. The van der Waals surface area contributed by atoms with E-state index in [0.29, 0.717) is 54.9 Å². The number of anilines is 1. The molecule has 2 aromatic heterocycles. The summed E-state index contributed by atoms with van der Waals surface area (Å²) >= 11 is 0. The van der Waals surface area contributed by atoms with Gasteiger partial charge in [-0.1, -0.05) is 0 Å². The van der Waals surface area contributed by atoms with Crippen LogP contribution < -0.4 is 5.73 Å². The zero-order valence-electron chi connectivity index (χ0n) is 20.9. The molecule has 3 aromatic rings. The second-order valence-electron chi connectivity index (χ2n) is 9.69. The van der Waals surface area contributed by atoms with Gasteiger partial charge in [0.1, 0.15) is 36.3 Å². The number of nitrogens with two attached hydrogens (primary N) is 1. The standard InChI is InChI=1S/C24H29N7O8/c25-21-18-22(30(12-26-18)23-20(34)19(33)16(10-32)39-23)28-17(27-21)9-13-5-7-29(8-6-13)24(35)38-11-14-1-3-15(4-2-14)31(36)37/h1-4,12-13,16,19-20,23,32-34H,5-11H2,(H2,25,27,28)/t16-,19?,20?,23-/m1/s1. The number of piperidine rings is 1. The molecule has 208 valence electrons. The average Bonchev–Trinajstić information content (AvgIpc) is 3.48. The summed E-state index contributed by atoms with van der Waals surface area (Å²) in [7, 11) is 0. The highest BCUT2D eigenvalue weighted by molar-refractivity contribution is 5.81. The number of nitro groups is 1. The number of hydrogen-bond donors (Lipinski definition) is 4. The van der Waals surface area contributed by atoms with Crippen LogP contribution in [0, 0.1) is 16.0 Å². The number of aliphatic hydroxyl groups is 3. The largest absolute Gasteiger partial charge is 0.445 e. The molecular weight excluding hydrogens is 514 g/mol. The van der Waals surface area contributed by atoms with Crippen LogP contribution in [0.25, 0.3) is 11.2 Å². The number of nitrogens with zero attached hydrogens (tertiary/aromatic N) is 6. The number of carbonyl (C=O) groups is 1. The molecule has 0 saturated carbocycles. The highest BCUT2D eigenvalue weighted by atomic mass is 16.6. The first-order valence-corrected chi connectivity index (χ1v) is 12.5. The van der Waals surface area contributed by atoms with Crippen molar-refractivity contribution in [1.82, 2.24) is 24.4 Å². The minimum absolute atomic E-state index is 0.0209. The number of hydrogen-bond acceptors (Lipinski definition) is 12. The highest BCUT2D eigenvalue weighted by Gasteiger charge is 2.44. The number of nitro benzene ring substituents is 1. The van der Waals surface area contributed by atoms with Gasteiger partial charge in [0, 0.05) is 31.6 Å². The number of carbonyl (C=O) groups excluding carboxylic acids is 1. The predicted octanol–water partition coefficient (Wildman–Crippen LogP) is 0.519. The molecule has 1 amide bonds. The molecule has 15 heteroatoms. The van der Waals surface area contributed by atoms with E-state index in [4.69, 9.17) is 15.2 Å². The molecule has 2 saturated heterocycles. The van der Waals surface area contributed by atoms with E-state index in [0.717, 1.165) is 0 Å². The summed E-state index contributed by atoms with van der Waals surface area (Å²) < 4.78 is 12.5. The smallest absolute Gasteiger partial charge is 0.410 e. The molecule has 2 fully saturated rings. The average molecular weight is 544 g/mol. The van der Waals surface area contributed by atoms with Crippen LogP contribution in [0.5, 0.6) is 0 Å². The van der Waals surface area contributed by atoms with Crippen molar-refractivity contribution in [2.45, 2.75) is 50.4 Å². The fourth-order valence-electron chi connectivity index (χ4n) is 4.90. The summed E-state index contributed by atoms with van der Waals surface area (Å²) in [5, 5.41) is 40.7. The number of fused-ring (bicyclic) bond motifs is 1. The predicted molar refractivity (Wildman–Crippen MR) is 134 cm³/mol. The van der Waals surface area contributed by atoms with E-state index in [1.165, 1.54) is 23.0 Å². The number of imidazole rings is 1. The molecule has 5 N–H and O–H groups in total. The Hall–Kier alpha value is -3.92. The van der Waals surface area contributed by atoms with Gasteiger partial charge < -0.3 is 35.4 Å². The van der Waals surface area contributed by atoms with Crippen LogP contribution in [0.3, 0.4) is 0 Å². The lowest BCUT2D eigenvalue weighted by Crippen LogP contribution is -2.39. The van der Waals surface area contributed by atoms with E-state index < -0.39 is 42.2 Å². The summed E-state index contributed by atoms with van der Waals surface area (Å²) in [6.45, 7) is 0.546. The molecule has 4 atom stereocenters. The van der Waals surface area contributed by atoms with Gasteiger partial charge in [0.05, 0.1) is 17.9 Å². The Balaban J connectivity index is 1.18. The Labute approximate surface area is 222 Å². The van der Waals surface area contributed by atoms with E-state index in [-0.39, 0.29) is 24.0 Å². The van der Waals surface area contributed by atoms with Crippen molar-refractivity contribution in [1.29, 1.82) is 0 Å². The van der Waals surface area contributed by atoms with Crippen molar-refractivity contribution in [2.75, 3.05) is 25.4 Å². The number of aliphatic hydroxyl groups excluding tert-OH is 3. The van der Waals surface area contributed by atoms with E-state index >= 15 is 0 Å². The lowest BCUT2D eigenvalue weighted by molar-refractivity contribution is -0.384. The number of benzene rings is 1. The highest BCUT2D eigenvalue weighted by Crippen LogP contribution is 2.32. The molecule has 5 rings (SSSR count). The van der Waals surface area contributed by atoms with Gasteiger partial charge in [0.2, 0.25) is 0 Å². The molecule has 2 unspecified atom stereocenters. The van der Waals surface area contributed by atoms with Crippen molar-refractivity contribution >= 4 is 28.8 Å². The van der Waals surface area contributed by atoms with Gasteiger partial charge in [-0.3, -0.25) is 14.7 Å². The molecule has 1 aromatic carbocycles. The van der Waals surface area contributed by atoms with Gasteiger partial charge in [0.15, 0.2) is 17.7 Å². The minimum atomic E-state index is -1.29. The molecule has 0 aliphatic carbocycles. The summed E-state index contributed by atoms with van der Waals surface area (Å²) in [4.78, 5) is 37.6. The third-order valence-electron chi connectivity index (χ3n) is 7.14. The number of amides is 1. The van der Waals surface area contributed by atoms with E-state index in [9.17, 15) is 30.2 Å². The van der Waals surface area contributed by atoms with Crippen molar-refractivity contribution in [3.8, 4) is 0 Å². The van der Waals surface area contributed by atoms with Crippen molar-refractivity contribution < 1.29 is 34.5 Å². The molecule has 0 spiro atoms. The maximum absolute atomic E-state index is 12.5. The van der Waals surface area contributed by atoms with Crippen molar-refractivity contribution in [3.05, 3.63) is 52.1 Å². The van der Waals surface area contributed by atoms with Crippen LogP contribution in [0.2, 0.25) is 0 Å². The first-order valence-electron chi connectivity index (χ1n) is 12.5. The quantitative estimate of drug-likeness (QED) is 0.237. The Bertz CT molecular complexity index is 1340. The minimum Gasteiger partial charge on any atom is -0.445 e. The molecule has 39 heavy (non-hydrogen) atoms. The van der Waals surface area contributed by atoms with E-state index in [1.807, 2.05) is 0 Å². The molecule has 15 nitrogen and oxygen atoms in total. The van der Waals surface area contributed by atoms with Gasteiger partial charge in [-0.15, -0.1) is 0 Å². The van der Waals surface area contributed by atoms with Crippen LogP contribution in [0.15, 0.2) is 30.6 Å². The molecular formula is C24H29N7O8. The van der Waals surface area contributed by atoms with Gasteiger partial charge in [-0.2, -0.15) is 0 Å². The lowest BCUT2D eigenvalue weighted by Gasteiger charge is -2.31. The number of rotatable bonds is 7. The Morgan fingerprint density at radius 2 is 1.90 bits per heavy atom. The third kappa shape index (κ3) is 5.47. The number of aromatic nitrogens is 4. The van der Waals surface area contributed by atoms with Gasteiger partial charge in [-0.25, -0.2) is 19.7 Å². The molecule has 2 aliphatic heterocycles. The zero-order chi connectivity index (χ0) is 27.7. The summed E-state index contributed by atoms with van der Waals surface area (Å²) in [5.74, 6) is 0.839. The maximum Gasteiger partial charge on any atom is 0.410 e. The zero-order valence-corrected chi connectivity index (χ0v) is 20.9. The van der Waals surface area contributed by atoms with Gasteiger partial charge in [0.25, 0.3) is 5.69 Å². The van der Waals surface area contributed by atoms with Crippen LogP contribution in [0.1, 0.15) is 30.5 Å². The van der Waals surface area contributed by atoms with E-state index in [2.05, 4.69) is 15.0 Å². The number of ether oxygens (including phenoxy) is 2. The topological polar surface area (TPSA) is 212 Å². The SMILES string of the molecule is Nc1nc(CC2CCN(C(=O)OCc3ccc([N+](=O)[O-])cc3)CC2)nc2c1ncn2[C@@H]1O[C@H](CO)C(O)C1O. The lowest BCUT2D eigenvalue weighted by atomic mass is 9.93. The van der Waals surface area contributed by atoms with Crippen LogP contribution in [0.4, 0.5) is 16.3 Å². The fourth-order valence-corrected chi connectivity index (χ4v) is 4.90. The molecule has 0 radical (unpaired) electrons. The number of likely N-dealkylation sites (tertiary alicyclic amines) is 1. The number of nitrogen functional groups attached to an aromatic ring is 1. The van der Waals surface area contributed by atoms with Crippen molar-refractivity contribution in [2.24, 2.45) is 5.92 Å². The van der Waals surface area contributed by atoms with Gasteiger partial charge >= 0.3 is 6.09 Å². The molecule has 0 bridgehead atoms. The van der Waals surface area contributed by atoms with E-state index in [1.54, 1.807) is 17.0 Å². The number of non-ortho nitro benzene ring substituents is 1. The molecule has 4 heterocycles. The van der Waals surface area contributed by atoms with Crippen LogP contribution in [-0.2, 0) is 22.5 Å². The summed E-state index contributed by atoms with van der Waals surface area (Å²) in [6, 6.07) is 5.84. The van der Waals surface area contributed by atoms with Crippen molar-refractivity contribution in [3.63, 3.8) is 0 Å². The second kappa shape index (κ2) is 11.1. The summed E-state index contributed by atoms with van der Waals surface area (Å²) in [6.07, 6.45) is -1.63. The Morgan fingerprint density at radius 1 is 1.18 bits per heavy atom. The first-order chi connectivity index (χ1) is 18.7. The Kier molecular flexibility index (Phi) is 7.56. The molecule has 2 aliphatic rings. The fraction of sp³-hybridized carbons (Fsp3) is 0.500. The summed E-state index contributed by atoms with van der Waals surface area (Å²) in [5.41, 5.74) is 7.45. The maximum atomic E-state index is 12.5. The monoisotopic (exact) mass is 543 g/mol. The Morgan fingerprint density at radius 3 is 2.54 bits per heavy atom.